The predicted octanol–water partition coefficient (Wildman–Crippen LogP) is 1.74. The van der Waals surface area contributed by atoms with Gasteiger partial charge in [-0.15, -0.1) is 0 Å². The Morgan fingerprint density at radius 1 is 1.42 bits per heavy atom. The molecule has 0 aromatic carbocycles. The molecule has 12 heavy (non-hydrogen) atoms. The minimum absolute atomic E-state index is 0. The number of thiol groups is 1. The van der Waals surface area contributed by atoms with Crippen molar-refractivity contribution in [1.82, 2.24) is 4.31 Å². The first kappa shape index (κ1) is 15.1. The van der Waals surface area contributed by atoms with Crippen molar-refractivity contribution in [3.8, 4) is 0 Å². The van der Waals surface area contributed by atoms with Gasteiger partial charge in [-0.2, -0.15) is 0 Å². The summed E-state index contributed by atoms with van der Waals surface area (Å²) in [7, 11) is 0. The summed E-state index contributed by atoms with van der Waals surface area (Å²) < 4.78 is 1.02. The van der Waals surface area contributed by atoms with Crippen LogP contribution in [0.2, 0.25) is 0 Å². The van der Waals surface area contributed by atoms with Crippen LogP contribution in [0.1, 0.15) is 32.6 Å². The van der Waals surface area contributed by atoms with E-state index in [0.717, 1.165) is 17.1 Å². The molecule has 0 spiro atoms. The maximum atomic E-state index is 10.2. The van der Waals surface area contributed by atoms with E-state index in [1.165, 1.54) is 12.8 Å². The number of hydrogen-bond acceptors (Lipinski definition) is 2. The summed E-state index contributed by atoms with van der Waals surface area (Å²) in [5, 5.41) is 8.39. The van der Waals surface area contributed by atoms with Crippen LogP contribution in [0, 0.1) is 0 Å². The van der Waals surface area contributed by atoms with Crippen LogP contribution in [0.3, 0.4) is 0 Å². The van der Waals surface area contributed by atoms with Gasteiger partial charge in [-0.1, -0.05) is 39.0 Å². The molecule has 0 bridgehead atoms. The molecule has 3 nitrogen and oxygen atoms in total. The third-order valence-electron chi connectivity index (χ3n) is 1.44. The molecular formula is C7H16NNaO2S. The molecule has 0 aliphatic rings. The van der Waals surface area contributed by atoms with Gasteiger partial charge in [0, 0.05) is 6.54 Å². The van der Waals surface area contributed by atoms with Gasteiger partial charge in [0.2, 0.25) is 0 Å². The summed E-state index contributed by atoms with van der Waals surface area (Å²) >= 11 is 3.76. The van der Waals surface area contributed by atoms with E-state index in [2.05, 4.69) is 19.7 Å². The molecule has 0 rings (SSSR count). The summed E-state index contributed by atoms with van der Waals surface area (Å²) in [5.74, 6) is 0. The summed E-state index contributed by atoms with van der Waals surface area (Å²) in [4.78, 5) is 10.2. The van der Waals surface area contributed by atoms with Gasteiger partial charge in [0.25, 0.3) is 0 Å². The second kappa shape index (κ2) is 9.71. The van der Waals surface area contributed by atoms with Crippen molar-refractivity contribution < 1.29 is 9.90 Å². The van der Waals surface area contributed by atoms with E-state index in [4.69, 9.17) is 5.11 Å². The van der Waals surface area contributed by atoms with Gasteiger partial charge in [-0.25, -0.2) is 4.79 Å². The van der Waals surface area contributed by atoms with E-state index in [-0.39, 0.29) is 29.6 Å². The Morgan fingerprint density at radius 3 is 2.42 bits per heavy atom. The zero-order valence-electron chi connectivity index (χ0n) is 6.79. The molecule has 0 aromatic heterocycles. The first-order valence-corrected chi connectivity index (χ1v) is 4.27. The molecule has 1 N–H and O–H groups in total. The number of nitrogens with zero attached hydrogens (tertiary/aromatic N) is 1. The molecular weight excluding hydrogens is 185 g/mol. The average molecular weight is 201 g/mol. The van der Waals surface area contributed by atoms with Crippen molar-refractivity contribution in [3.05, 3.63) is 0 Å². The van der Waals surface area contributed by atoms with Crippen LogP contribution < -0.4 is 0 Å². The fraction of sp³-hybridized carbons (Fsp3) is 0.857. The van der Waals surface area contributed by atoms with Crippen LogP contribution in [0.25, 0.3) is 0 Å². The van der Waals surface area contributed by atoms with Crippen molar-refractivity contribution in [2.75, 3.05) is 6.54 Å². The molecule has 0 radical (unpaired) electrons. The van der Waals surface area contributed by atoms with E-state index >= 15 is 0 Å². The van der Waals surface area contributed by atoms with Crippen molar-refractivity contribution in [2.45, 2.75) is 32.6 Å². The Labute approximate surface area is 101 Å². The Kier molecular flexibility index (Phi) is 12.2. The van der Waals surface area contributed by atoms with Crippen LogP contribution in [0.4, 0.5) is 4.79 Å². The first-order valence-electron chi connectivity index (χ1n) is 3.87. The van der Waals surface area contributed by atoms with Crippen molar-refractivity contribution in [1.29, 1.82) is 0 Å². The van der Waals surface area contributed by atoms with Gasteiger partial charge in [0.1, 0.15) is 0 Å². The maximum absolute atomic E-state index is 10.2. The van der Waals surface area contributed by atoms with Crippen LogP contribution in [-0.2, 0) is 0 Å². The van der Waals surface area contributed by atoms with E-state index < -0.39 is 6.09 Å². The fourth-order valence-electron chi connectivity index (χ4n) is 0.784. The van der Waals surface area contributed by atoms with Gasteiger partial charge >= 0.3 is 35.7 Å². The molecule has 0 saturated carbocycles. The Balaban J connectivity index is 0. The fourth-order valence-corrected chi connectivity index (χ4v) is 0.925. The summed E-state index contributed by atoms with van der Waals surface area (Å²) in [6.45, 7) is 2.65. The predicted molar refractivity (Wildman–Crippen MR) is 55.0 cm³/mol. The molecule has 0 aliphatic heterocycles. The molecule has 0 fully saturated rings. The minimum atomic E-state index is -0.968. The van der Waals surface area contributed by atoms with E-state index in [1.807, 2.05) is 0 Å². The monoisotopic (exact) mass is 201 g/mol. The second-order valence-electron chi connectivity index (χ2n) is 2.47. The second-order valence-corrected chi connectivity index (χ2v) is 2.95. The van der Waals surface area contributed by atoms with E-state index in [0.29, 0.717) is 6.54 Å². The van der Waals surface area contributed by atoms with Crippen molar-refractivity contribution >= 4 is 48.5 Å². The normalized spacial score (nSPS) is 8.83. The van der Waals surface area contributed by atoms with Crippen LogP contribution in [-0.4, -0.2) is 51.6 Å². The van der Waals surface area contributed by atoms with Gasteiger partial charge in [-0.05, 0) is 6.42 Å². The van der Waals surface area contributed by atoms with Crippen molar-refractivity contribution in [2.24, 2.45) is 0 Å². The van der Waals surface area contributed by atoms with Gasteiger partial charge < -0.3 is 5.11 Å². The first-order chi connectivity index (χ1) is 5.18. The summed E-state index contributed by atoms with van der Waals surface area (Å²) in [5.41, 5.74) is 0. The standard InChI is InChI=1S/C7H15NO2S.Na.H/c1-2-3-4-5-6-8(11)7(9)10;;/h11H,2-6H2,1H3,(H,9,10);;. The van der Waals surface area contributed by atoms with Crippen molar-refractivity contribution in [3.63, 3.8) is 0 Å². The van der Waals surface area contributed by atoms with Crippen LogP contribution in [0.15, 0.2) is 0 Å². The molecule has 0 aromatic rings. The zero-order chi connectivity index (χ0) is 8.69. The Morgan fingerprint density at radius 2 is 2.00 bits per heavy atom. The number of hydrogen-bond donors (Lipinski definition) is 2. The van der Waals surface area contributed by atoms with Gasteiger partial charge in [0.05, 0.1) is 0 Å². The molecule has 0 saturated heterocycles. The molecule has 68 valence electrons. The molecule has 0 aliphatic carbocycles. The number of amides is 1. The molecule has 0 atom stereocenters. The van der Waals surface area contributed by atoms with Gasteiger partial charge in [0.15, 0.2) is 0 Å². The number of unbranched alkanes of at least 4 members (excludes halogenated alkanes) is 3. The average Bonchev–Trinajstić information content (AvgIpc) is 1.97. The third kappa shape index (κ3) is 8.71. The number of rotatable bonds is 5. The summed E-state index contributed by atoms with van der Waals surface area (Å²) in [6.07, 6.45) is 3.36. The molecule has 1 amide bonds. The Hall–Kier alpha value is 0.620. The number of carbonyl (C=O) groups is 1. The van der Waals surface area contributed by atoms with E-state index in [9.17, 15) is 4.79 Å². The topological polar surface area (TPSA) is 40.5 Å². The number of carboxylic acid groups (broad SMARTS) is 1. The van der Waals surface area contributed by atoms with Crippen LogP contribution >= 0.6 is 12.8 Å². The Bertz CT molecular complexity index is 124. The van der Waals surface area contributed by atoms with Crippen LogP contribution in [0.5, 0.6) is 0 Å². The molecule has 5 heteroatoms. The quantitative estimate of drug-likeness (QED) is 0.404. The van der Waals surface area contributed by atoms with Gasteiger partial charge in [-0.3, -0.25) is 4.31 Å². The SMILES string of the molecule is CCCCCCN(S)C(=O)O.[NaH]. The summed E-state index contributed by atoms with van der Waals surface area (Å²) in [6, 6.07) is 0. The molecule has 0 unspecified atom stereocenters. The van der Waals surface area contributed by atoms with E-state index in [1.54, 1.807) is 0 Å². The zero-order valence-corrected chi connectivity index (χ0v) is 7.68. The molecule has 0 heterocycles. The third-order valence-corrected chi connectivity index (χ3v) is 1.82.